The van der Waals surface area contributed by atoms with Gasteiger partial charge in [-0.1, -0.05) is 37.9 Å². The van der Waals surface area contributed by atoms with Crippen LogP contribution in [0.15, 0.2) is 45.3 Å². The van der Waals surface area contributed by atoms with Gasteiger partial charge < -0.3 is 0 Å². The van der Waals surface area contributed by atoms with Crippen LogP contribution in [-0.4, -0.2) is 0 Å². The fraction of sp³-hybridized carbons (Fsp3) is 0.143. The molecule has 0 aliphatic heterocycles. The molecule has 3 N–H and O–H groups in total. The van der Waals surface area contributed by atoms with E-state index in [4.69, 9.17) is 5.84 Å². The molecule has 0 saturated heterocycles. The van der Waals surface area contributed by atoms with Crippen molar-refractivity contribution >= 4 is 31.9 Å². The Kier molecular flexibility index (Phi) is 5.26. The highest BCUT2D eigenvalue weighted by atomic mass is 79.9. The van der Waals surface area contributed by atoms with Crippen LogP contribution in [0, 0.1) is 11.6 Å². The van der Waals surface area contributed by atoms with Gasteiger partial charge in [-0.2, -0.15) is 0 Å². The van der Waals surface area contributed by atoms with Crippen molar-refractivity contribution in [1.29, 1.82) is 0 Å². The van der Waals surface area contributed by atoms with Crippen LogP contribution in [0.3, 0.4) is 0 Å². The zero-order chi connectivity index (χ0) is 14.7. The van der Waals surface area contributed by atoms with Crippen LogP contribution in [0.4, 0.5) is 8.78 Å². The molecule has 0 saturated carbocycles. The molecule has 0 heterocycles. The van der Waals surface area contributed by atoms with Gasteiger partial charge in [-0.05, 0) is 42.3 Å². The number of benzene rings is 2. The normalized spacial score (nSPS) is 12.4. The van der Waals surface area contributed by atoms with Gasteiger partial charge in [0.2, 0.25) is 0 Å². The Hall–Kier alpha value is -0.820. The zero-order valence-electron chi connectivity index (χ0n) is 10.3. The Balaban J connectivity index is 2.31. The van der Waals surface area contributed by atoms with Gasteiger partial charge in [-0.25, -0.2) is 8.78 Å². The van der Waals surface area contributed by atoms with Gasteiger partial charge in [0.15, 0.2) is 0 Å². The molecule has 0 aliphatic rings. The molecule has 20 heavy (non-hydrogen) atoms. The topological polar surface area (TPSA) is 38.0 Å². The minimum absolute atomic E-state index is 0.250. The molecule has 2 nitrogen and oxygen atoms in total. The maximum absolute atomic E-state index is 13.9. The summed E-state index contributed by atoms with van der Waals surface area (Å²) in [6.07, 6.45) is 0.250. The van der Waals surface area contributed by atoms with Crippen LogP contribution in [0.2, 0.25) is 0 Å². The summed E-state index contributed by atoms with van der Waals surface area (Å²) in [7, 11) is 0. The maximum atomic E-state index is 13.9. The second-order valence-corrected chi connectivity index (χ2v) is 6.16. The molecule has 0 amide bonds. The molecule has 0 radical (unpaired) electrons. The average Bonchev–Trinajstić information content (AvgIpc) is 2.40. The van der Waals surface area contributed by atoms with Crippen LogP contribution in [0.5, 0.6) is 0 Å². The Labute approximate surface area is 132 Å². The van der Waals surface area contributed by atoms with Gasteiger partial charge in [-0.3, -0.25) is 11.3 Å². The fourth-order valence-electron chi connectivity index (χ4n) is 1.96. The van der Waals surface area contributed by atoms with E-state index in [1.54, 1.807) is 24.3 Å². The van der Waals surface area contributed by atoms with Gasteiger partial charge in [0.05, 0.1) is 6.04 Å². The van der Waals surface area contributed by atoms with Crippen LogP contribution in [0.1, 0.15) is 17.2 Å². The summed E-state index contributed by atoms with van der Waals surface area (Å²) in [6, 6.07) is 8.84. The van der Waals surface area contributed by atoms with Crippen molar-refractivity contribution in [3.8, 4) is 0 Å². The highest BCUT2D eigenvalue weighted by molar-refractivity contribution is 9.10. The fourth-order valence-corrected chi connectivity index (χ4v) is 2.70. The third-order valence-electron chi connectivity index (χ3n) is 2.97. The van der Waals surface area contributed by atoms with Crippen molar-refractivity contribution < 1.29 is 8.78 Å². The number of halogens is 4. The SMILES string of the molecule is NNC(Cc1cc(Br)ccc1F)c1ccc(Br)cc1F. The largest absolute Gasteiger partial charge is 0.271 e. The molecule has 2 rings (SSSR count). The lowest BCUT2D eigenvalue weighted by atomic mass is 9.98. The first-order chi connectivity index (χ1) is 9.51. The van der Waals surface area contributed by atoms with Crippen molar-refractivity contribution in [3.63, 3.8) is 0 Å². The lowest BCUT2D eigenvalue weighted by Crippen LogP contribution is -2.30. The van der Waals surface area contributed by atoms with Crippen LogP contribution in [0.25, 0.3) is 0 Å². The van der Waals surface area contributed by atoms with Crippen molar-refractivity contribution in [2.24, 2.45) is 5.84 Å². The zero-order valence-corrected chi connectivity index (χ0v) is 13.5. The number of nitrogens with two attached hydrogens (primary N) is 1. The molecule has 0 aromatic heterocycles. The molecule has 0 aliphatic carbocycles. The standard InChI is InChI=1S/C14H12Br2F2N2/c15-9-2-4-12(17)8(5-9)6-14(20-19)11-3-1-10(16)7-13(11)18/h1-5,7,14,20H,6,19H2. The third kappa shape index (κ3) is 3.63. The first kappa shape index (κ1) is 15.6. The molecule has 0 bridgehead atoms. The van der Waals surface area contributed by atoms with Crippen molar-refractivity contribution in [3.05, 3.63) is 68.1 Å². The van der Waals surface area contributed by atoms with E-state index in [1.165, 1.54) is 12.1 Å². The number of hydrazine groups is 1. The number of rotatable bonds is 4. The highest BCUT2D eigenvalue weighted by Gasteiger charge is 2.17. The van der Waals surface area contributed by atoms with E-state index < -0.39 is 11.9 Å². The average molecular weight is 406 g/mol. The Bertz CT molecular complexity index is 620. The van der Waals surface area contributed by atoms with Crippen LogP contribution in [-0.2, 0) is 6.42 Å². The quantitative estimate of drug-likeness (QED) is 0.589. The molecule has 2 aromatic rings. The van der Waals surface area contributed by atoms with Gasteiger partial charge in [0.25, 0.3) is 0 Å². The van der Waals surface area contributed by atoms with Gasteiger partial charge >= 0.3 is 0 Å². The summed E-state index contributed by atoms with van der Waals surface area (Å²) in [5.74, 6) is 4.75. The smallest absolute Gasteiger partial charge is 0.129 e. The van der Waals surface area contributed by atoms with Gasteiger partial charge in [-0.15, -0.1) is 0 Å². The number of nitrogens with one attached hydrogen (secondary N) is 1. The Morgan fingerprint density at radius 3 is 2.30 bits per heavy atom. The monoisotopic (exact) mass is 404 g/mol. The lowest BCUT2D eigenvalue weighted by Gasteiger charge is -2.18. The first-order valence-electron chi connectivity index (χ1n) is 5.86. The summed E-state index contributed by atoms with van der Waals surface area (Å²) in [5, 5.41) is 0. The summed E-state index contributed by atoms with van der Waals surface area (Å²) in [6.45, 7) is 0. The van der Waals surface area contributed by atoms with Crippen LogP contribution >= 0.6 is 31.9 Å². The Morgan fingerprint density at radius 1 is 1.00 bits per heavy atom. The van der Waals surface area contributed by atoms with E-state index in [9.17, 15) is 8.78 Å². The maximum Gasteiger partial charge on any atom is 0.129 e. The summed E-state index contributed by atoms with van der Waals surface area (Å²) < 4.78 is 29.1. The molecule has 6 heteroatoms. The lowest BCUT2D eigenvalue weighted by molar-refractivity contribution is 0.498. The summed E-state index contributed by atoms with van der Waals surface area (Å²) in [5.41, 5.74) is 3.40. The minimum Gasteiger partial charge on any atom is -0.271 e. The summed E-state index contributed by atoms with van der Waals surface area (Å²) in [4.78, 5) is 0. The predicted molar refractivity (Wildman–Crippen MR) is 82.0 cm³/mol. The van der Waals surface area contributed by atoms with E-state index in [0.717, 1.165) is 4.47 Å². The summed E-state index contributed by atoms with van der Waals surface area (Å²) >= 11 is 6.49. The Morgan fingerprint density at radius 2 is 1.65 bits per heavy atom. The highest BCUT2D eigenvalue weighted by Crippen LogP contribution is 2.25. The molecule has 106 valence electrons. The van der Waals surface area contributed by atoms with Gasteiger partial charge in [0, 0.05) is 14.5 Å². The second-order valence-electron chi connectivity index (χ2n) is 4.32. The van der Waals surface area contributed by atoms with E-state index in [-0.39, 0.29) is 12.2 Å². The molecule has 1 unspecified atom stereocenters. The molecular weight excluding hydrogens is 394 g/mol. The minimum atomic E-state index is -0.508. The van der Waals surface area contributed by atoms with Crippen molar-refractivity contribution in [2.75, 3.05) is 0 Å². The predicted octanol–water partition coefficient (Wildman–Crippen LogP) is 4.24. The first-order valence-corrected chi connectivity index (χ1v) is 7.45. The van der Waals surface area contributed by atoms with E-state index in [0.29, 0.717) is 15.6 Å². The van der Waals surface area contributed by atoms with Crippen molar-refractivity contribution in [2.45, 2.75) is 12.5 Å². The molecule has 0 fully saturated rings. The molecule has 0 spiro atoms. The van der Waals surface area contributed by atoms with Gasteiger partial charge in [0.1, 0.15) is 11.6 Å². The van der Waals surface area contributed by atoms with E-state index in [2.05, 4.69) is 37.3 Å². The molecular formula is C14H12Br2F2N2. The molecule has 2 aromatic carbocycles. The molecule has 1 atom stereocenters. The van der Waals surface area contributed by atoms with E-state index in [1.807, 2.05) is 0 Å². The second kappa shape index (κ2) is 6.76. The third-order valence-corrected chi connectivity index (χ3v) is 3.96. The van der Waals surface area contributed by atoms with Crippen LogP contribution < -0.4 is 11.3 Å². The number of hydrogen-bond donors (Lipinski definition) is 2. The van der Waals surface area contributed by atoms with E-state index >= 15 is 0 Å². The number of hydrogen-bond acceptors (Lipinski definition) is 2. The van der Waals surface area contributed by atoms with Crippen molar-refractivity contribution in [1.82, 2.24) is 5.43 Å².